The fourth-order valence-corrected chi connectivity index (χ4v) is 1.06. The predicted octanol–water partition coefficient (Wildman–Crippen LogP) is 0.773. The molecule has 1 N–H and O–H groups in total. The second-order valence-electron chi connectivity index (χ2n) is 3.38. The Balaban J connectivity index is 4.18. The van der Waals surface area contributed by atoms with Gasteiger partial charge in [-0.2, -0.15) is 0 Å². The summed E-state index contributed by atoms with van der Waals surface area (Å²) in [6.45, 7) is 3.39. The van der Waals surface area contributed by atoms with Crippen molar-refractivity contribution in [3.63, 3.8) is 0 Å². The van der Waals surface area contributed by atoms with Crippen LogP contribution in [0.3, 0.4) is 0 Å². The Morgan fingerprint density at radius 2 is 2.00 bits per heavy atom. The van der Waals surface area contributed by atoms with Crippen molar-refractivity contribution in [2.24, 2.45) is 11.8 Å². The van der Waals surface area contributed by atoms with Crippen molar-refractivity contribution in [2.45, 2.75) is 26.7 Å². The number of aliphatic hydroxyl groups excluding tert-OH is 1. The van der Waals surface area contributed by atoms with Crippen LogP contribution in [0.25, 0.3) is 0 Å². The summed E-state index contributed by atoms with van der Waals surface area (Å²) >= 11 is 0. The molecule has 0 aromatic carbocycles. The van der Waals surface area contributed by atoms with Crippen LogP contribution in [0.5, 0.6) is 0 Å². The Hall–Kier alpha value is -0.900. The summed E-state index contributed by atoms with van der Waals surface area (Å²) in [4.78, 5) is 22.5. The van der Waals surface area contributed by atoms with Crippen molar-refractivity contribution in [3.05, 3.63) is 0 Å². The first-order chi connectivity index (χ1) is 6.56. The Kier molecular flexibility index (Phi) is 6.12. The van der Waals surface area contributed by atoms with Gasteiger partial charge in [0.2, 0.25) is 0 Å². The lowest BCUT2D eigenvalue weighted by Crippen LogP contribution is -2.25. The molecule has 0 radical (unpaired) electrons. The van der Waals surface area contributed by atoms with E-state index >= 15 is 0 Å². The van der Waals surface area contributed by atoms with Crippen LogP contribution in [-0.4, -0.2) is 30.6 Å². The quantitative estimate of drug-likeness (QED) is 0.646. The van der Waals surface area contributed by atoms with E-state index in [0.29, 0.717) is 0 Å². The molecule has 0 aliphatic carbocycles. The molecule has 82 valence electrons. The highest BCUT2D eigenvalue weighted by Gasteiger charge is 2.23. The van der Waals surface area contributed by atoms with E-state index in [1.165, 1.54) is 7.11 Å². The zero-order chi connectivity index (χ0) is 11.1. The SMILES string of the molecule is CCC(C)C(=O)CC(CO)C(=O)OC. The van der Waals surface area contributed by atoms with E-state index in [1.54, 1.807) is 0 Å². The second-order valence-corrected chi connectivity index (χ2v) is 3.38. The average molecular weight is 202 g/mol. The summed E-state index contributed by atoms with van der Waals surface area (Å²) in [5.74, 6) is -1.30. The standard InChI is InChI=1S/C10H18O4/c1-4-7(2)9(12)5-8(6-11)10(13)14-3/h7-8,11H,4-6H2,1-3H3. The van der Waals surface area contributed by atoms with E-state index in [4.69, 9.17) is 5.11 Å². The van der Waals surface area contributed by atoms with Crippen molar-refractivity contribution in [1.82, 2.24) is 0 Å². The number of esters is 1. The van der Waals surface area contributed by atoms with Gasteiger partial charge < -0.3 is 9.84 Å². The Morgan fingerprint density at radius 1 is 1.43 bits per heavy atom. The Labute approximate surface area is 84.3 Å². The number of hydrogen-bond donors (Lipinski definition) is 1. The summed E-state index contributed by atoms with van der Waals surface area (Å²) in [6, 6.07) is 0. The van der Waals surface area contributed by atoms with Crippen LogP contribution in [0.2, 0.25) is 0 Å². The van der Waals surface area contributed by atoms with E-state index in [2.05, 4.69) is 4.74 Å². The van der Waals surface area contributed by atoms with Crippen LogP contribution in [0.1, 0.15) is 26.7 Å². The molecule has 0 aromatic rings. The van der Waals surface area contributed by atoms with Crippen LogP contribution < -0.4 is 0 Å². The maximum atomic E-state index is 11.4. The number of aliphatic hydroxyl groups is 1. The molecule has 0 amide bonds. The predicted molar refractivity (Wildman–Crippen MR) is 51.7 cm³/mol. The first kappa shape index (κ1) is 13.1. The normalized spacial score (nSPS) is 14.6. The number of ketones is 1. The average Bonchev–Trinajstić information content (AvgIpc) is 2.22. The number of hydrogen-bond acceptors (Lipinski definition) is 4. The molecule has 0 heterocycles. The molecule has 4 nitrogen and oxygen atoms in total. The molecule has 0 spiro atoms. The highest BCUT2D eigenvalue weighted by molar-refractivity contribution is 5.85. The lowest BCUT2D eigenvalue weighted by molar-refractivity contribution is -0.149. The Bertz CT molecular complexity index is 200. The smallest absolute Gasteiger partial charge is 0.311 e. The molecule has 4 heteroatoms. The van der Waals surface area contributed by atoms with E-state index in [0.717, 1.165) is 6.42 Å². The largest absolute Gasteiger partial charge is 0.469 e. The van der Waals surface area contributed by atoms with Crippen LogP contribution >= 0.6 is 0 Å². The van der Waals surface area contributed by atoms with Gasteiger partial charge >= 0.3 is 5.97 Å². The third-order valence-corrected chi connectivity index (χ3v) is 2.36. The molecule has 14 heavy (non-hydrogen) atoms. The topological polar surface area (TPSA) is 63.6 Å². The van der Waals surface area contributed by atoms with Crippen LogP contribution in [-0.2, 0) is 14.3 Å². The van der Waals surface area contributed by atoms with Gasteiger partial charge in [-0.25, -0.2) is 0 Å². The van der Waals surface area contributed by atoms with Crippen LogP contribution in [0.15, 0.2) is 0 Å². The molecule has 0 bridgehead atoms. The molecule has 0 aliphatic heterocycles. The molecule has 2 unspecified atom stereocenters. The molecular formula is C10H18O4. The monoisotopic (exact) mass is 202 g/mol. The molecule has 0 aliphatic rings. The van der Waals surface area contributed by atoms with Gasteiger partial charge in [0.1, 0.15) is 5.78 Å². The summed E-state index contributed by atoms with van der Waals surface area (Å²) in [7, 11) is 1.25. The number of Topliss-reactive ketones (excluding diaryl/α,β-unsaturated/α-hetero) is 1. The van der Waals surface area contributed by atoms with E-state index in [9.17, 15) is 9.59 Å². The number of rotatable bonds is 6. The molecule has 0 aromatic heterocycles. The summed E-state index contributed by atoms with van der Waals surface area (Å²) in [6.07, 6.45) is 0.816. The van der Waals surface area contributed by atoms with Crippen molar-refractivity contribution in [3.8, 4) is 0 Å². The van der Waals surface area contributed by atoms with Gasteiger partial charge in [-0.15, -0.1) is 0 Å². The third-order valence-electron chi connectivity index (χ3n) is 2.36. The number of ether oxygens (including phenoxy) is 1. The van der Waals surface area contributed by atoms with Gasteiger partial charge in [-0.1, -0.05) is 13.8 Å². The van der Waals surface area contributed by atoms with Crippen molar-refractivity contribution < 1.29 is 19.4 Å². The van der Waals surface area contributed by atoms with Crippen molar-refractivity contribution in [2.75, 3.05) is 13.7 Å². The lowest BCUT2D eigenvalue weighted by Gasteiger charge is -2.13. The summed E-state index contributed by atoms with van der Waals surface area (Å²) < 4.78 is 4.47. The zero-order valence-corrected chi connectivity index (χ0v) is 8.95. The maximum absolute atomic E-state index is 11.4. The van der Waals surface area contributed by atoms with Crippen LogP contribution in [0.4, 0.5) is 0 Å². The first-order valence-electron chi connectivity index (χ1n) is 4.78. The van der Waals surface area contributed by atoms with Crippen LogP contribution in [0, 0.1) is 11.8 Å². The van der Waals surface area contributed by atoms with Gasteiger partial charge in [-0.3, -0.25) is 9.59 Å². The van der Waals surface area contributed by atoms with Gasteiger partial charge in [0.15, 0.2) is 0 Å². The maximum Gasteiger partial charge on any atom is 0.311 e. The fraction of sp³-hybridized carbons (Fsp3) is 0.800. The Morgan fingerprint density at radius 3 is 2.36 bits per heavy atom. The zero-order valence-electron chi connectivity index (χ0n) is 8.95. The number of methoxy groups -OCH3 is 1. The van der Waals surface area contributed by atoms with Gasteiger partial charge in [-0.05, 0) is 6.42 Å². The second kappa shape index (κ2) is 6.54. The van der Waals surface area contributed by atoms with Gasteiger partial charge in [0.25, 0.3) is 0 Å². The van der Waals surface area contributed by atoms with E-state index in [1.807, 2.05) is 13.8 Å². The number of carbonyl (C=O) groups is 2. The minimum absolute atomic E-state index is 0.00282. The van der Waals surface area contributed by atoms with Gasteiger partial charge in [0.05, 0.1) is 19.6 Å². The van der Waals surface area contributed by atoms with Crippen molar-refractivity contribution in [1.29, 1.82) is 0 Å². The number of carbonyl (C=O) groups excluding carboxylic acids is 2. The van der Waals surface area contributed by atoms with E-state index in [-0.39, 0.29) is 24.7 Å². The molecule has 0 saturated heterocycles. The molecule has 0 saturated carbocycles. The first-order valence-corrected chi connectivity index (χ1v) is 4.78. The summed E-state index contributed by atoms with van der Waals surface area (Å²) in [5.41, 5.74) is 0. The molecular weight excluding hydrogens is 184 g/mol. The highest BCUT2D eigenvalue weighted by Crippen LogP contribution is 2.12. The lowest BCUT2D eigenvalue weighted by atomic mass is 9.94. The molecule has 2 atom stereocenters. The highest BCUT2D eigenvalue weighted by atomic mass is 16.5. The van der Waals surface area contributed by atoms with Gasteiger partial charge in [0, 0.05) is 12.3 Å². The molecule has 0 fully saturated rings. The van der Waals surface area contributed by atoms with E-state index < -0.39 is 11.9 Å². The minimum Gasteiger partial charge on any atom is -0.469 e. The minimum atomic E-state index is -0.707. The summed E-state index contributed by atoms with van der Waals surface area (Å²) in [5, 5.41) is 8.88. The molecule has 0 rings (SSSR count). The van der Waals surface area contributed by atoms with Crippen molar-refractivity contribution >= 4 is 11.8 Å². The fourth-order valence-electron chi connectivity index (χ4n) is 1.06. The third kappa shape index (κ3) is 3.87.